The summed E-state index contributed by atoms with van der Waals surface area (Å²) in [4.78, 5) is 26.9. The van der Waals surface area contributed by atoms with E-state index in [0.717, 1.165) is 0 Å². The molecule has 0 amide bonds. The zero-order chi connectivity index (χ0) is 19.6. The molecule has 27 heavy (non-hydrogen) atoms. The number of ether oxygens (including phenoxy) is 3. The van der Waals surface area contributed by atoms with Crippen LogP contribution in [0.3, 0.4) is 0 Å². The third kappa shape index (κ3) is 3.79. The highest BCUT2D eigenvalue weighted by molar-refractivity contribution is 6.13. The molecule has 0 atom stereocenters. The summed E-state index contributed by atoms with van der Waals surface area (Å²) in [5.41, 5.74) is 1.50. The van der Waals surface area contributed by atoms with E-state index in [1.54, 1.807) is 37.3 Å². The van der Waals surface area contributed by atoms with Gasteiger partial charge in [-0.3, -0.25) is 10.1 Å². The quantitative estimate of drug-likeness (QED) is 0.347. The largest absolute Gasteiger partial charge is 0.497 e. The second-order valence-corrected chi connectivity index (χ2v) is 5.74. The van der Waals surface area contributed by atoms with Crippen LogP contribution in [0.2, 0.25) is 0 Å². The van der Waals surface area contributed by atoms with E-state index in [1.165, 1.54) is 26.4 Å². The van der Waals surface area contributed by atoms with Crippen molar-refractivity contribution in [3.05, 3.63) is 68.9 Å². The predicted molar refractivity (Wildman–Crippen MR) is 98.0 cm³/mol. The first kappa shape index (κ1) is 18.1. The van der Waals surface area contributed by atoms with E-state index in [2.05, 4.69) is 4.99 Å². The molecule has 8 nitrogen and oxygen atoms in total. The van der Waals surface area contributed by atoms with Crippen LogP contribution in [-0.2, 0) is 9.53 Å². The number of carbonyl (C=O) groups is 1. The number of benzene rings is 2. The number of hydrogen-bond donors (Lipinski definition) is 0. The van der Waals surface area contributed by atoms with Crippen molar-refractivity contribution >= 4 is 23.6 Å². The van der Waals surface area contributed by atoms with Gasteiger partial charge in [-0.05, 0) is 36.8 Å². The highest BCUT2D eigenvalue weighted by Crippen LogP contribution is 2.27. The van der Waals surface area contributed by atoms with Crippen LogP contribution < -0.4 is 9.47 Å². The molecule has 2 aromatic rings. The van der Waals surface area contributed by atoms with Gasteiger partial charge in [0.25, 0.3) is 5.69 Å². The van der Waals surface area contributed by atoms with Crippen LogP contribution in [-0.4, -0.2) is 31.0 Å². The Bertz CT molecular complexity index is 971. The fourth-order valence-corrected chi connectivity index (χ4v) is 2.54. The molecule has 0 radical (unpaired) electrons. The summed E-state index contributed by atoms with van der Waals surface area (Å²) in [6.07, 6.45) is 1.53. The van der Waals surface area contributed by atoms with Crippen LogP contribution in [0.1, 0.15) is 16.7 Å². The Morgan fingerprint density at radius 2 is 1.78 bits per heavy atom. The van der Waals surface area contributed by atoms with E-state index in [1.807, 2.05) is 0 Å². The van der Waals surface area contributed by atoms with Gasteiger partial charge in [-0.25, -0.2) is 9.79 Å². The van der Waals surface area contributed by atoms with Gasteiger partial charge in [0, 0.05) is 23.3 Å². The van der Waals surface area contributed by atoms with Gasteiger partial charge in [0.1, 0.15) is 11.5 Å². The first-order valence-electron chi connectivity index (χ1n) is 7.92. The average Bonchev–Trinajstić information content (AvgIpc) is 3.01. The summed E-state index contributed by atoms with van der Waals surface area (Å²) in [6.45, 7) is 1.63. The second-order valence-electron chi connectivity index (χ2n) is 5.74. The molecule has 1 aliphatic heterocycles. The number of rotatable bonds is 5. The molecule has 0 spiro atoms. The van der Waals surface area contributed by atoms with E-state index in [9.17, 15) is 14.9 Å². The van der Waals surface area contributed by atoms with Crippen molar-refractivity contribution in [3.8, 4) is 11.5 Å². The number of nitro groups is 1. The fourth-order valence-electron chi connectivity index (χ4n) is 2.54. The summed E-state index contributed by atoms with van der Waals surface area (Å²) in [5.74, 6) is 0.496. The highest BCUT2D eigenvalue weighted by Gasteiger charge is 2.26. The lowest BCUT2D eigenvalue weighted by Gasteiger charge is -2.05. The maximum Gasteiger partial charge on any atom is 0.363 e. The number of aryl methyl sites for hydroxylation is 1. The third-order valence-corrected chi connectivity index (χ3v) is 3.95. The molecule has 8 heteroatoms. The predicted octanol–water partition coefficient (Wildman–Crippen LogP) is 3.26. The first-order valence-corrected chi connectivity index (χ1v) is 7.92. The molecule has 0 saturated heterocycles. The molecule has 1 heterocycles. The molecular formula is C19H16N2O6. The average molecular weight is 368 g/mol. The van der Waals surface area contributed by atoms with Crippen LogP contribution in [0.5, 0.6) is 11.5 Å². The Balaban J connectivity index is 1.98. The lowest BCUT2D eigenvalue weighted by molar-refractivity contribution is -0.385. The van der Waals surface area contributed by atoms with Crippen molar-refractivity contribution in [3.63, 3.8) is 0 Å². The monoisotopic (exact) mass is 368 g/mol. The van der Waals surface area contributed by atoms with Crippen LogP contribution in [0, 0.1) is 17.0 Å². The van der Waals surface area contributed by atoms with E-state index in [-0.39, 0.29) is 17.3 Å². The molecule has 0 saturated carbocycles. The normalized spacial score (nSPS) is 14.7. The minimum atomic E-state index is -0.644. The number of esters is 1. The summed E-state index contributed by atoms with van der Waals surface area (Å²) in [7, 11) is 3.05. The van der Waals surface area contributed by atoms with E-state index < -0.39 is 10.9 Å². The van der Waals surface area contributed by atoms with Crippen molar-refractivity contribution in [2.24, 2.45) is 4.99 Å². The van der Waals surface area contributed by atoms with Gasteiger partial charge in [0.2, 0.25) is 5.90 Å². The maximum atomic E-state index is 12.2. The molecule has 2 aromatic carbocycles. The third-order valence-electron chi connectivity index (χ3n) is 3.95. The van der Waals surface area contributed by atoms with E-state index in [4.69, 9.17) is 14.2 Å². The smallest absolute Gasteiger partial charge is 0.363 e. The lowest BCUT2D eigenvalue weighted by atomic mass is 10.1. The Morgan fingerprint density at radius 1 is 1.11 bits per heavy atom. The minimum Gasteiger partial charge on any atom is -0.497 e. The van der Waals surface area contributed by atoms with E-state index in [0.29, 0.717) is 28.2 Å². The van der Waals surface area contributed by atoms with Crippen LogP contribution in [0.15, 0.2) is 47.1 Å². The summed E-state index contributed by atoms with van der Waals surface area (Å²) >= 11 is 0. The van der Waals surface area contributed by atoms with Crippen LogP contribution in [0.4, 0.5) is 5.69 Å². The molecule has 0 aromatic heterocycles. The van der Waals surface area contributed by atoms with Crippen molar-refractivity contribution in [1.82, 2.24) is 0 Å². The molecular weight excluding hydrogens is 352 g/mol. The number of hydrogen-bond acceptors (Lipinski definition) is 7. The minimum absolute atomic E-state index is 0.0178. The molecule has 1 aliphatic rings. The second kappa shape index (κ2) is 7.28. The number of aliphatic imine (C=N–C) groups is 1. The lowest BCUT2D eigenvalue weighted by Crippen LogP contribution is -2.06. The fraction of sp³-hybridized carbons (Fsp3) is 0.158. The zero-order valence-corrected chi connectivity index (χ0v) is 14.9. The molecule has 0 N–H and O–H groups in total. The van der Waals surface area contributed by atoms with Gasteiger partial charge in [0.15, 0.2) is 5.70 Å². The Morgan fingerprint density at radius 3 is 2.37 bits per heavy atom. The van der Waals surface area contributed by atoms with Gasteiger partial charge in [-0.1, -0.05) is 6.07 Å². The summed E-state index contributed by atoms with van der Waals surface area (Å²) in [5, 5.41) is 11.1. The molecule has 3 rings (SSSR count). The summed E-state index contributed by atoms with van der Waals surface area (Å²) in [6, 6.07) is 9.67. The first-order chi connectivity index (χ1) is 12.9. The van der Waals surface area contributed by atoms with Gasteiger partial charge in [-0.15, -0.1) is 0 Å². The number of methoxy groups -OCH3 is 2. The van der Waals surface area contributed by atoms with Crippen molar-refractivity contribution in [2.75, 3.05) is 14.2 Å². The van der Waals surface area contributed by atoms with Gasteiger partial charge in [-0.2, -0.15) is 0 Å². The number of carbonyl (C=O) groups excluding carboxylic acids is 1. The molecule has 138 valence electrons. The van der Waals surface area contributed by atoms with E-state index >= 15 is 0 Å². The Kier molecular flexibility index (Phi) is 4.89. The number of nitro benzene ring substituents is 1. The molecule has 0 fully saturated rings. The van der Waals surface area contributed by atoms with Crippen molar-refractivity contribution < 1.29 is 23.9 Å². The van der Waals surface area contributed by atoms with Crippen LogP contribution in [0.25, 0.3) is 6.08 Å². The molecule has 0 unspecified atom stereocenters. The molecule has 0 aliphatic carbocycles. The zero-order valence-electron chi connectivity index (χ0n) is 14.9. The van der Waals surface area contributed by atoms with Gasteiger partial charge in [0.05, 0.1) is 19.1 Å². The highest BCUT2D eigenvalue weighted by atomic mass is 16.6. The summed E-state index contributed by atoms with van der Waals surface area (Å²) < 4.78 is 15.6. The maximum absolute atomic E-state index is 12.2. The topological polar surface area (TPSA) is 100 Å². The SMILES string of the molecule is COc1cc(/C=C2\N=C(c3ccc(C)c([N+](=O)[O-])c3)OC2=O)cc(OC)c1. The van der Waals surface area contributed by atoms with Gasteiger partial charge < -0.3 is 14.2 Å². The number of cyclic esters (lactones) is 1. The van der Waals surface area contributed by atoms with Crippen molar-refractivity contribution in [1.29, 1.82) is 0 Å². The van der Waals surface area contributed by atoms with Crippen molar-refractivity contribution in [2.45, 2.75) is 6.92 Å². The number of nitrogens with zero attached hydrogens (tertiary/aromatic N) is 2. The Labute approximate surface area is 154 Å². The van der Waals surface area contributed by atoms with Gasteiger partial charge >= 0.3 is 5.97 Å². The van der Waals surface area contributed by atoms with Crippen LogP contribution >= 0.6 is 0 Å². The standard InChI is InChI=1S/C19H16N2O6/c1-11-4-5-13(9-17(11)21(23)24)18-20-16(19(22)27-18)8-12-6-14(25-2)10-15(7-12)26-3/h4-10H,1-3H3/b16-8-. The Hall–Kier alpha value is -3.68. The molecule has 0 bridgehead atoms.